The van der Waals surface area contributed by atoms with Crippen LogP contribution in [0.4, 0.5) is 4.79 Å². The van der Waals surface area contributed by atoms with E-state index in [9.17, 15) is 33.9 Å². The molecule has 4 fully saturated rings. The van der Waals surface area contributed by atoms with Crippen LogP contribution in [0, 0.1) is 5.92 Å². The quantitative estimate of drug-likeness (QED) is 0.235. The van der Waals surface area contributed by atoms with Gasteiger partial charge in [0.2, 0.25) is 17.7 Å². The summed E-state index contributed by atoms with van der Waals surface area (Å²) in [5, 5.41) is 19.6. The topological polar surface area (TPSA) is 202 Å². The third-order valence-electron chi connectivity index (χ3n) is 10.2. The van der Waals surface area contributed by atoms with Gasteiger partial charge >= 0.3 is 12.1 Å². The summed E-state index contributed by atoms with van der Waals surface area (Å²) in [5.74, 6) is -2.03. The van der Waals surface area contributed by atoms with Gasteiger partial charge < -0.3 is 44.7 Å². The number of esters is 1. The summed E-state index contributed by atoms with van der Waals surface area (Å²) in [6.07, 6.45) is 3.72. The van der Waals surface area contributed by atoms with E-state index in [1.54, 1.807) is 24.3 Å². The smallest absolute Gasteiger partial charge is 0.407 e. The van der Waals surface area contributed by atoms with Crippen molar-refractivity contribution >= 4 is 35.7 Å². The number of para-hydroxylation sites is 1. The van der Waals surface area contributed by atoms with Gasteiger partial charge in [0.1, 0.15) is 12.1 Å². The number of nitrogens with one attached hydrogen (secondary N) is 2. The first-order valence-electron chi connectivity index (χ1n) is 18.3. The highest BCUT2D eigenvalue weighted by molar-refractivity contribution is 5.96. The van der Waals surface area contributed by atoms with Gasteiger partial charge in [-0.1, -0.05) is 18.2 Å². The minimum absolute atomic E-state index is 0.0632. The zero-order chi connectivity index (χ0) is 37.3. The Bertz CT molecular complexity index is 1630. The normalized spacial score (nSPS) is 20.7. The van der Waals surface area contributed by atoms with Gasteiger partial charge in [-0.05, 0) is 57.1 Å². The Balaban J connectivity index is 1.14. The zero-order valence-electron chi connectivity index (χ0n) is 29.7. The fraction of sp³-hybridized carbons (Fsp3) is 0.583. The van der Waals surface area contributed by atoms with Crippen LogP contribution in [0.5, 0.6) is 5.88 Å². The number of nitrogens with zero attached hydrogens (tertiary/aromatic N) is 5. The van der Waals surface area contributed by atoms with Crippen LogP contribution in [-0.4, -0.2) is 143 Å². The molecule has 286 valence electrons. The van der Waals surface area contributed by atoms with E-state index in [4.69, 9.17) is 14.2 Å². The van der Waals surface area contributed by atoms with Crippen LogP contribution < -0.4 is 15.4 Å². The second-order valence-electron chi connectivity index (χ2n) is 13.9. The molecule has 17 nitrogen and oxygen atoms in total. The Hall–Kier alpha value is -5.19. The van der Waals surface area contributed by atoms with Crippen LogP contribution in [0.1, 0.15) is 61.9 Å². The van der Waals surface area contributed by atoms with Crippen LogP contribution in [0.3, 0.4) is 0 Å². The maximum atomic E-state index is 13.8. The molecule has 3 aliphatic heterocycles. The maximum Gasteiger partial charge on any atom is 0.407 e. The number of amides is 5. The van der Waals surface area contributed by atoms with Crippen molar-refractivity contribution in [1.29, 1.82) is 0 Å². The number of aromatic nitrogens is 2. The predicted molar refractivity (Wildman–Crippen MR) is 186 cm³/mol. The monoisotopic (exact) mass is 737 g/mol. The summed E-state index contributed by atoms with van der Waals surface area (Å²) in [7, 11) is 0. The molecule has 5 amide bonds. The Morgan fingerprint density at radius 2 is 1.70 bits per heavy atom. The molecule has 4 aliphatic rings. The van der Waals surface area contributed by atoms with E-state index >= 15 is 0 Å². The van der Waals surface area contributed by atoms with Gasteiger partial charge in [-0.2, -0.15) is 5.10 Å². The second-order valence-corrected chi connectivity index (χ2v) is 13.9. The van der Waals surface area contributed by atoms with Crippen LogP contribution in [0.25, 0.3) is 5.69 Å². The largest absolute Gasteiger partial charge is 0.467 e. The maximum absolute atomic E-state index is 13.8. The summed E-state index contributed by atoms with van der Waals surface area (Å²) in [4.78, 5) is 82.1. The lowest BCUT2D eigenvalue weighted by Crippen LogP contribution is -2.55. The molecule has 4 heterocycles. The number of piperazine rings is 1. The fourth-order valence-electron chi connectivity index (χ4n) is 6.83. The van der Waals surface area contributed by atoms with E-state index in [1.165, 1.54) is 25.4 Å². The molecule has 2 aromatic rings. The Morgan fingerprint density at radius 3 is 2.38 bits per heavy atom. The Labute approximate surface area is 306 Å². The van der Waals surface area contributed by atoms with Crippen molar-refractivity contribution < 1.29 is 48.1 Å². The highest BCUT2D eigenvalue weighted by atomic mass is 16.5. The van der Waals surface area contributed by atoms with Crippen molar-refractivity contribution in [2.24, 2.45) is 5.92 Å². The average molecular weight is 738 g/mol. The molecule has 1 saturated carbocycles. The van der Waals surface area contributed by atoms with Gasteiger partial charge in [0.05, 0.1) is 18.9 Å². The van der Waals surface area contributed by atoms with Gasteiger partial charge in [0.15, 0.2) is 12.3 Å². The van der Waals surface area contributed by atoms with E-state index in [2.05, 4.69) is 15.7 Å². The second kappa shape index (κ2) is 17.6. The summed E-state index contributed by atoms with van der Waals surface area (Å²) in [6.45, 7) is 1.83. The van der Waals surface area contributed by atoms with E-state index in [0.717, 1.165) is 25.7 Å². The molecule has 3 atom stereocenters. The number of carboxylic acid groups (broad SMARTS) is 1. The first-order valence-corrected chi connectivity index (χ1v) is 18.3. The molecular formula is C36H47N7O10. The fourth-order valence-corrected chi connectivity index (χ4v) is 6.83. The predicted octanol–water partition coefficient (Wildman–Crippen LogP) is 1.19. The molecule has 0 bridgehead atoms. The molecule has 1 unspecified atom stereocenters. The minimum atomic E-state index is -1.15. The van der Waals surface area contributed by atoms with Crippen molar-refractivity contribution in [2.45, 2.75) is 69.5 Å². The number of rotatable bonds is 14. The molecule has 3 N–H and O–H groups in total. The average Bonchev–Trinajstić information content (AvgIpc) is 3.95. The van der Waals surface area contributed by atoms with Gasteiger partial charge in [-0.3, -0.25) is 24.0 Å². The van der Waals surface area contributed by atoms with Gasteiger partial charge in [-0.15, -0.1) is 0 Å². The molecular weight excluding hydrogens is 690 g/mol. The Morgan fingerprint density at radius 1 is 0.943 bits per heavy atom. The third kappa shape index (κ3) is 9.63. The lowest BCUT2D eigenvalue weighted by atomic mass is 9.93. The number of carbonyl (C=O) groups excluding carboxylic acids is 5. The van der Waals surface area contributed by atoms with Crippen LogP contribution in [-0.2, 0) is 28.7 Å². The van der Waals surface area contributed by atoms with Crippen molar-refractivity contribution in [3.8, 4) is 11.6 Å². The summed E-state index contributed by atoms with van der Waals surface area (Å²) in [5.41, 5.74) is 0.444. The first-order chi connectivity index (χ1) is 25.7. The Kier molecular flexibility index (Phi) is 12.4. The van der Waals surface area contributed by atoms with Crippen LogP contribution >= 0.6 is 0 Å². The van der Waals surface area contributed by atoms with E-state index < -0.39 is 42.6 Å². The number of carbonyl (C=O) groups is 6. The van der Waals surface area contributed by atoms with E-state index in [-0.39, 0.29) is 81.0 Å². The number of benzene rings is 1. The number of ether oxygens (including phenoxy) is 3. The SMILES string of the molecule is O=C(CC[C@H](NC(=O)c1cc(OCC(=O)N2CCC[C@H]2C(=O)NC2CCC2)n(-c2ccccc2)n1)C(=O)N1CCN(C(=O)O)CC1)OCC1CCOC1. The standard InChI is InChI=1S/C36H47N7O10/c44-30(42-14-5-10-29(42)34(47)37-25-6-4-7-25)23-52-31-20-28(39-43(31)26-8-2-1-3-9-26)33(46)38-27(11-12-32(45)53-22-24-13-19-51-21-24)35(48)40-15-17-41(18-16-40)36(49)50/h1-3,8-9,20,24-25,27,29H,4-7,10-19,21-23H2,(H,37,47)(H,38,46)(H,49,50)/t24?,27-,29-/m0/s1. The molecule has 53 heavy (non-hydrogen) atoms. The molecule has 0 radical (unpaired) electrons. The van der Waals surface area contributed by atoms with Crippen LogP contribution in [0.2, 0.25) is 0 Å². The first kappa shape index (κ1) is 37.6. The number of hydrogen-bond donors (Lipinski definition) is 3. The van der Waals surface area contributed by atoms with Crippen molar-refractivity contribution in [3.05, 3.63) is 42.1 Å². The van der Waals surface area contributed by atoms with Crippen molar-refractivity contribution in [1.82, 2.24) is 35.1 Å². The van der Waals surface area contributed by atoms with Gasteiger partial charge in [0.25, 0.3) is 11.8 Å². The lowest BCUT2D eigenvalue weighted by molar-refractivity contribution is -0.145. The molecule has 1 aromatic carbocycles. The van der Waals surface area contributed by atoms with Crippen molar-refractivity contribution in [3.63, 3.8) is 0 Å². The van der Waals surface area contributed by atoms with Crippen LogP contribution in [0.15, 0.2) is 36.4 Å². The van der Waals surface area contributed by atoms with E-state index in [1.807, 2.05) is 6.07 Å². The number of likely N-dealkylation sites (tertiary alicyclic amines) is 1. The van der Waals surface area contributed by atoms with E-state index in [0.29, 0.717) is 38.3 Å². The van der Waals surface area contributed by atoms with Crippen molar-refractivity contribution in [2.75, 3.05) is 59.2 Å². The summed E-state index contributed by atoms with van der Waals surface area (Å²) < 4.78 is 18.1. The van der Waals surface area contributed by atoms with Gasteiger partial charge in [-0.25, -0.2) is 9.48 Å². The zero-order valence-corrected chi connectivity index (χ0v) is 29.7. The summed E-state index contributed by atoms with van der Waals surface area (Å²) in [6, 6.07) is 8.67. The number of hydrogen-bond acceptors (Lipinski definition) is 10. The highest BCUT2D eigenvalue weighted by Crippen LogP contribution is 2.24. The third-order valence-corrected chi connectivity index (χ3v) is 10.2. The highest BCUT2D eigenvalue weighted by Gasteiger charge is 2.36. The lowest BCUT2D eigenvalue weighted by Gasteiger charge is -2.35. The minimum Gasteiger partial charge on any atom is -0.467 e. The summed E-state index contributed by atoms with van der Waals surface area (Å²) >= 11 is 0. The molecule has 1 aromatic heterocycles. The molecule has 6 rings (SSSR count). The molecule has 1 aliphatic carbocycles. The molecule has 0 spiro atoms. The van der Waals surface area contributed by atoms with Gasteiger partial charge in [0, 0.05) is 63.8 Å². The molecule has 17 heteroatoms. The molecule has 3 saturated heterocycles.